The molecule has 4 rings (SSSR count). The molecular formula is C22H19BrN4O. The van der Waals surface area contributed by atoms with Gasteiger partial charge in [-0.3, -0.25) is 9.20 Å². The lowest BCUT2D eigenvalue weighted by Gasteiger charge is -2.09. The molecule has 0 bridgehead atoms. The summed E-state index contributed by atoms with van der Waals surface area (Å²) >= 11 is 3.46. The number of rotatable bonds is 5. The quantitative estimate of drug-likeness (QED) is 0.426. The molecule has 0 saturated heterocycles. The summed E-state index contributed by atoms with van der Waals surface area (Å²) in [4.78, 5) is 17.5. The number of hydrogen-bond acceptors (Lipinski definition) is 3. The Balaban J connectivity index is 1.55. The van der Waals surface area contributed by atoms with E-state index in [1.54, 1.807) is 0 Å². The first kappa shape index (κ1) is 18.3. The molecule has 0 aliphatic rings. The number of amides is 1. The van der Waals surface area contributed by atoms with Crippen molar-refractivity contribution in [2.45, 2.75) is 13.3 Å². The standard InChI is InChI=1S/C22H19BrN4O/c1-2-19-21(27-14-15(23)8-13-20(27)26-19)22(28)25-18-11-9-17(10-12-18)24-16-6-4-3-5-7-16/h3-14,24H,2H2,1H3,(H,25,28). The predicted molar refractivity (Wildman–Crippen MR) is 116 cm³/mol. The molecule has 0 atom stereocenters. The number of nitrogens with one attached hydrogen (secondary N) is 2. The zero-order chi connectivity index (χ0) is 19.5. The normalized spacial score (nSPS) is 10.8. The van der Waals surface area contributed by atoms with Crippen LogP contribution in [0.1, 0.15) is 23.1 Å². The van der Waals surface area contributed by atoms with Crippen LogP contribution in [0, 0.1) is 0 Å². The molecular weight excluding hydrogens is 416 g/mol. The van der Waals surface area contributed by atoms with E-state index < -0.39 is 0 Å². The lowest BCUT2D eigenvalue weighted by atomic mass is 10.2. The molecule has 1 amide bonds. The van der Waals surface area contributed by atoms with Gasteiger partial charge < -0.3 is 10.6 Å². The lowest BCUT2D eigenvalue weighted by molar-refractivity contribution is 0.102. The molecule has 0 unspecified atom stereocenters. The van der Waals surface area contributed by atoms with Gasteiger partial charge in [-0.2, -0.15) is 0 Å². The van der Waals surface area contributed by atoms with E-state index in [4.69, 9.17) is 0 Å². The zero-order valence-corrected chi connectivity index (χ0v) is 16.9. The Labute approximate surface area is 171 Å². The number of nitrogens with zero attached hydrogens (tertiary/aromatic N) is 2. The summed E-state index contributed by atoms with van der Waals surface area (Å²) < 4.78 is 2.72. The molecule has 140 valence electrons. The number of aromatic nitrogens is 2. The largest absolute Gasteiger partial charge is 0.356 e. The molecule has 28 heavy (non-hydrogen) atoms. The number of fused-ring (bicyclic) bond motifs is 1. The lowest BCUT2D eigenvalue weighted by Crippen LogP contribution is -2.16. The van der Waals surface area contributed by atoms with Crippen molar-refractivity contribution in [3.05, 3.63) is 88.8 Å². The number of aryl methyl sites for hydroxylation is 1. The van der Waals surface area contributed by atoms with Gasteiger partial charge in [0.2, 0.25) is 0 Å². The van der Waals surface area contributed by atoms with E-state index in [-0.39, 0.29) is 5.91 Å². The van der Waals surface area contributed by atoms with Crippen LogP contribution in [0.5, 0.6) is 0 Å². The second-order valence-corrected chi connectivity index (χ2v) is 7.27. The van der Waals surface area contributed by atoms with Gasteiger partial charge in [0.1, 0.15) is 11.3 Å². The van der Waals surface area contributed by atoms with Crippen LogP contribution >= 0.6 is 15.9 Å². The molecule has 5 nitrogen and oxygen atoms in total. The van der Waals surface area contributed by atoms with Crippen molar-refractivity contribution in [2.24, 2.45) is 0 Å². The highest BCUT2D eigenvalue weighted by atomic mass is 79.9. The van der Waals surface area contributed by atoms with Crippen LogP contribution in [-0.2, 0) is 6.42 Å². The van der Waals surface area contributed by atoms with Gasteiger partial charge in [-0.1, -0.05) is 25.1 Å². The predicted octanol–water partition coefficient (Wildman–Crippen LogP) is 5.66. The van der Waals surface area contributed by atoms with E-state index in [1.807, 2.05) is 84.3 Å². The Morgan fingerprint density at radius 3 is 2.36 bits per heavy atom. The van der Waals surface area contributed by atoms with Gasteiger partial charge in [0.25, 0.3) is 5.91 Å². The highest BCUT2D eigenvalue weighted by Crippen LogP contribution is 2.21. The number of anilines is 3. The molecule has 2 aromatic heterocycles. The molecule has 6 heteroatoms. The van der Waals surface area contributed by atoms with Crippen molar-refractivity contribution in [3.63, 3.8) is 0 Å². The first-order chi connectivity index (χ1) is 13.6. The van der Waals surface area contributed by atoms with Crippen molar-refractivity contribution >= 4 is 44.5 Å². The minimum Gasteiger partial charge on any atom is -0.356 e. The monoisotopic (exact) mass is 434 g/mol. The summed E-state index contributed by atoms with van der Waals surface area (Å²) in [5.74, 6) is -0.175. The van der Waals surface area contributed by atoms with Gasteiger partial charge in [-0.25, -0.2) is 4.98 Å². The number of imidazole rings is 1. The maximum absolute atomic E-state index is 13.0. The van der Waals surface area contributed by atoms with Gasteiger partial charge in [-0.15, -0.1) is 0 Å². The van der Waals surface area contributed by atoms with Gasteiger partial charge >= 0.3 is 0 Å². The molecule has 0 spiro atoms. The molecule has 0 saturated carbocycles. The second kappa shape index (κ2) is 7.86. The summed E-state index contributed by atoms with van der Waals surface area (Å²) in [6, 6.07) is 21.4. The SMILES string of the molecule is CCc1nc2ccc(Br)cn2c1C(=O)Nc1ccc(Nc2ccccc2)cc1. The first-order valence-electron chi connectivity index (χ1n) is 9.04. The third-order valence-electron chi connectivity index (χ3n) is 4.41. The van der Waals surface area contributed by atoms with Crippen LogP contribution in [0.4, 0.5) is 17.1 Å². The first-order valence-corrected chi connectivity index (χ1v) is 9.83. The molecule has 0 radical (unpaired) electrons. The van der Waals surface area contributed by atoms with Crippen molar-refractivity contribution in [1.29, 1.82) is 0 Å². The van der Waals surface area contributed by atoms with E-state index in [2.05, 4.69) is 31.5 Å². The maximum Gasteiger partial charge on any atom is 0.274 e. The number of para-hydroxylation sites is 1. The van der Waals surface area contributed by atoms with Crippen molar-refractivity contribution < 1.29 is 4.79 Å². The van der Waals surface area contributed by atoms with Gasteiger partial charge in [0, 0.05) is 27.7 Å². The number of pyridine rings is 1. The highest BCUT2D eigenvalue weighted by Gasteiger charge is 2.18. The summed E-state index contributed by atoms with van der Waals surface area (Å²) in [6.45, 7) is 2.00. The minimum atomic E-state index is -0.175. The van der Waals surface area contributed by atoms with Crippen LogP contribution in [0.15, 0.2) is 77.4 Å². The van der Waals surface area contributed by atoms with Crippen molar-refractivity contribution in [3.8, 4) is 0 Å². The van der Waals surface area contributed by atoms with Crippen molar-refractivity contribution in [2.75, 3.05) is 10.6 Å². The fourth-order valence-corrected chi connectivity index (χ4v) is 3.41. The average molecular weight is 435 g/mol. The van der Waals surface area contributed by atoms with Crippen LogP contribution in [0.25, 0.3) is 5.65 Å². The molecule has 2 heterocycles. The fraction of sp³-hybridized carbons (Fsp3) is 0.0909. The number of carbonyl (C=O) groups excluding carboxylic acids is 1. The maximum atomic E-state index is 13.0. The topological polar surface area (TPSA) is 58.4 Å². The Morgan fingerprint density at radius 2 is 1.64 bits per heavy atom. The molecule has 0 fully saturated rings. The van der Waals surface area contributed by atoms with Gasteiger partial charge in [0.15, 0.2) is 0 Å². The summed E-state index contributed by atoms with van der Waals surface area (Å²) in [5.41, 5.74) is 4.80. The Kier molecular flexibility index (Phi) is 5.12. The highest BCUT2D eigenvalue weighted by molar-refractivity contribution is 9.10. The molecule has 0 aliphatic carbocycles. The average Bonchev–Trinajstić information content (AvgIpc) is 3.08. The van der Waals surface area contributed by atoms with Gasteiger partial charge in [0.05, 0.1) is 5.69 Å². The van der Waals surface area contributed by atoms with E-state index in [0.29, 0.717) is 12.1 Å². The van der Waals surface area contributed by atoms with E-state index in [1.165, 1.54) is 0 Å². The third kappa shape index (κ3) is 3.77. The summed E-state index contributed by atoms with van der Waals surface area (Å²) in [5, 5.41) is 6.31. The number of hydrogen-bond donors (Lipinski definition) is 2. The smallest absolute Gasteiger partial charge is 0.274 e. The van der Waals surface area contributed by atoms with Crippen molar-refractivity contribution in [1.82, 2.24) is 9.38 Å². The second-order valence-electron chi connectivity index (χ2n) is 6.36. The molecule has 2 N–H and O–H groups in total. The van der Waals surface area contributed by atoms with Crippen LogP contribution in [0.2, 0.25) is 0 Å². The number of halogens is 1. The van der Waals surface area contributed by atoms with Crippen LogP contribution < -0.4 is 10.6 Å². The zero-order valence-electron chi connectivity index (χ0n) is 15.3. The summed E-state index contributed by atoms with van der Waals surface area (Å²) in [7, 11) is 0. The third-order valence-corrected chi connectivity index (χ3v) is 4.88. The van der Waals surface area contributed by atoms with E-state index >= 15 is 0 Å². The van der Waals surface area contributed by atoms with Crippen LogP contribution in [0.3, 0.4) is 0 Å². The summed E-state index contributed by atoms with van der Waals surface area (Å²) in [6.07, 6.45) is 2.55. The molecule has 4 aromatic rings. The van der Waals surface area contributed by atoms with E-state index in [0.717, 1.165) is 32.9 Å². The van der Waals surface area contributed by atoms with E-state index in [9.17, 15) is 4.79 Å². The Morgan fingerprint density at radius 1 is 0.964 bits per heavy atom. The Bertz CT molecular complexity index is 1120. The Hall–Kier alpha value is -3.12. The molecule has 0 aliphatic heterocycles. The van der Waals surface area contributed by atoms with Gasteiger partial charge in [-0.05, 0) is 70.9 Å². The molecule has 2 aromatic carbocycles. The fourth-order valence-electron chi connectivity index (χ4n) is 3.07. The number of benzene rings is 2. The number of carbonyl (C=O) groups is 1. The minimum absolute atomic E-state index is 0.175. The van der Waals surface area contributed by atoms with Crippen LogP contribution in [-0.4, -0.2) is 15.3 Å².